The van der Waals surface area contributed by atoms with Crippen molar-refractivity contribution >= 4 is 10.9 Å². The summed E-state index contributed by atoms with van der Waals surface area (Å²) in [6, 6.07) is 3.81. The van der Waals surface area contributed by atoms with Crippen LogP contribution >= 0.6 is 0 Å². The minimum Gasteiger partial charge on any atom is -0.503 e. The monoisotopic (exact) mass is 203 g/mol. The zero-order valence-electron chi connectivity index (χ0n) is 9.00. The molecule has 1 aromatic carbocycles. The molecule has 78 valence electrons. The maximum atomic E-state index is 9.61. The van der Waals surface area contributed by atoms with Crippen molar-refractivity contribution in [1.82, 2.24) is 4.98 Å². The van der Waals surface area contributed by atoms with Crippen molar-refractivity contribution < 1.29 is 10.2 Å². The van der Waals surface area contributed by atoms with Crippen molar-refractivity contribution in [2.45, 2.75) is 20.8 Å². The molecule has 3 heteroatoms. The minimum absolute atomic E-state index is 0.129. The van der Waals surface area contributed by atoms with E-state index in [1.807, 2.05) is 26.0 Å². The molecule has 0 aliphatic rings. The molecule has 0 amide bonds. The van der Waals surface area contributed by atoms with Gasteiger partial charge in [0.25, 0.3) is 5.88 Å². The predicted molar refractivity (Wildman–Crippen MR) is 59.3 cm³/mol. The van der Waals surface area contributed by atoms with E-state index >= 15 is 0 Å². The van der Waals surface area contributed by atoms with Crippen molar-refractivity contribution in [3.63, 3.8) is 0 Å². The van der Waals surface area contributed by atoms with Gasteiger partial charge in [0.1, 0.15) is 0 Å². The van der Waals surface area contributed by atoms with Gasteiger partial charge in [-0.15, -0.1) is 0 Å². The molecule has 0 bridgehead atoms. The number of fused-ring (bicyclic) bond motifs is 1. The first-order valence-corrected chi connectivity index (χ1v) is 4.81. The summed E-state index contributed by atoms with van der Waals surface area (Å²) in [4.78, 5) is 3.94. The first-order valence-electron chi connectivity index (χ1n) is 4.81. The topological polar surface area (TPSA) is 53.4 Å². The van der Waals surface area contributed by atoms with Gasteiger partial charge in [0.2, 0.25) is 0 Å². The molecule has 0 unspecified atom stereocenters. The second-order valence-corrected chi connectivity index (χ2v) is 3.81. The van der Waals surface area contributed by atoms with Gasteiger partial charge in [-0.2, -0.15) is 0 Å². The van der Waals surface area contributed by atoms with Crippen LogP contribution in [0.5, 0.6) is 11.6 Å². The molecule has 0 fully saturated rings. The fourth-order valence-electron chi connectivity index (χ4n) is 1.82. The normalized spacial score (nSPS) is 10.9. The summed E-state index contributed by atoms with van der Waals surface area (Å²) < 4.78 is 0. The van der Waals surface area contributed by atoms with E-state index in [2.05, 4.69) is 4.98 Å². The van der Waals surface area contributed by atoms with E-state index < -0.39 is 0 Å². The molecule has 2 aromatic rings. The minimum atomic E-state index is -0.303. The smallest absolute Gasteiger partial charge is 0.255 e. The Balaban J connectivity index is 3.00. The number of aromatic hydroxyl groups is 2. The Bertz CT molecular complexity index is 547. The molecule has 2 rings (SSSR count). The van der Waals surface area contributed by atoms with Crippen LogP contribution in [0.25, 0.3) is 10.9 Å². The molecule has 0 spiro atoms. The van der Waals surface area contributed by atoms with Crippen molar-refractivity contribution in [1.29, 1.82) is 0 Å². The van der Waals surface area contributed by atoms with Crippen molar-refractivity contribution in [3.8, 4) is 11.6 Å². The number of rotatable bonds is 0. The van der Waals surface area contributed by atoms with E-state index in [9.17, 15) is 10.2 Å². The van der Waals surface area contributed by atoms with Gasteiger partial charge in [0.05, 0.1) is 5.52 Å². The van der Waals surface area contributed by atoms with Gasteiger partial charge < -0.3 is 10.2 Å². The first kappa shape index (κ1) is 9.77. The maximum Gasteiger partial charge on any atom is 0.255 e. The summed E-state index contributed by atoms with van der Waals surface area (Å²) in [7, 11) is 0. The SMILES string of the molecule is Cc1ccc2nc(O)c(O)c(C)c2c1C. The van der Waals surface area contributed by atoms with Gasteiger partial charge in [-0.3, -0.25) is 0 Å². The van der Waals surface area contributed by atoms with E-state index in [0.717, 1.165) is 16.5 Å². The number of aromatic nitrogens is 1. The van der Waals surface area contributed by atoms with Crippen molar-refractivity contribution in [2.24, 2.45) is 0 Å². The maximum absolute atomic E-state index is 9.61. The Morgan fingerprint density at radius 2 is 1.67 bits per heavy atom. The number of aryl methyl sites for hydroxylation is 3. The van der Waals surface area contributed by atoms with Gasteiger partial charge in [0.15, 0.2) is 5.75 Å². The Morgan fingerprint density at radius 3 is 2.33 bits per heavy atom. The Kier molecular flexibility index (Phi) is 2.03. The molecule has 0 aliphatic carbocycles. The van der Waals surface area contributed by atoms with Crippen LogP contribution in [-0.2, 0) is 0 Å². The summed E-state index contributed by atoms with van der Waals surface area (Å²) >= 11 is 0. The van der Waals surface area contributed by atoms with Crippen LogP contribution in [0.1, 0.15) is 16.7 Å². The average Bonchev–Trinajstić information content (AvgIpc) is 2.20. The van der Waals surface area contributed by atoms with Gasteiger partial charge >= 0.3 is 0 Å². The van der Waals surface area contributed by atoms with Crippen LogP contribution in [0.2, 0.25) is 0 Å². The van der Waals surface area contributed by atoms with Gasteiger partial charge in [-0.1, -0.05) is 6.07 Å². The number of hydrogen-bond acceptors (Lipinski definition) is 3. The Labute approximate surface area is 88.0 Å². The molecule has 1 heterocycles. The lowest BCUT2D eigenvalue weighted by atomic mass is 10.00. The van der Waals surface area contributed by atoms with Crippen LogP contribution in [0.4, 0.5) is 0 Å². The highest BCUT2D eigenvalue weighted by atomic mass is 16.3. The quantitative estimate of drug-likeness (QED) is 0.691. The van der Waals surface area contributed by atoms with Gasteiger partial charge in [-0.25, -0.2) is 4.98 Å². The lowest BCUT2D eigenvalue weighted by Gasteiger charge is -2.10. The van der Waals surface area contributed by atoms with Gasteiger partial charge in [-0.05, 0) is 38.0 Å². The number of hydrogen-bond donors (Lipinski definition) is 2. The fraction of sp³-hybridized carbons (Fsp3) is 0.250. The molecule has 15 heavy (non-hydrogen) atoms. The second-order valence-electron chi connectivity index (χ2n) is 3.81. The highest BCUT2D eigenvalue weighted by molar-refractivity contribution is 5.89. The summed E-state index contributed by atoms with van der Waals surface area (Å²) in [6.07, 6.45) is 0. The third-order valence-corrected chi connectivity index (χ3v) is 2.88. The first-order chi connectivity index (χ1) is 7.02. The number of pyridine rings is 1. The molecule has 0 saturated heterocycles. The number of nitrogens with zero attached hydrogens (tertiary/aromatic N) is 1. The van der Waals surface area contributed by atoms with Crippen LogP contribution in [0, 0.1) is 20.8 Å². The molecule has 0 saturated carbocycles. The highest BCUT2D eigenvalue weighted by Gasteiger charge is 2.12. The summed E-state index contributed by atoms with van der Waals surface area (Å²) in [5, 5.41) is 19.9. The van der Waals surface area contributed by atoms with Crippen molar-refractivity contribution in [3.05, 3.63) is 28.8 Å². The van der Waals surface area contributed by atoms with E-state index in [4.69, 9.17) is 0 Å². The lowest BCUT2D eigenvalue weighted by Crippen LogP contribution is -1.91. The Morgan fingerprint density at radius 1 is 1.00 bits per heavy atom. The van der Waals surface area contributed by atoms with Crippen LogP contribution in [0.3, 0.4) is 0 Å². The van der Waals surface area contributed by atoms with Crippen LogP contribution in [-0.4, -0.2) is 15.2 Å². The van der Waals surface area contributed by atoms with Crippen LogP contribution in [0.15, 0.2) is 12.1 Å². The summed E-state index contributed by atoms with van der Waals surface area (Å²) in [5.74, 6) is -0.431. The third kappa shape index (κ3) is 1.31. The zero-order valence-corrected chi connectivity index (χ0v) is 9.00. The molecule has 0 radical (unpaired) electrons. The highest BCUT2D eigenvalue weighted by Crippen LogP contribution is 2.34. The molecule has 2 N–H and O–H groups in total. The summed E-state index contributed by atoms with van der Waals surface area (Å²) in [5.41, 5.74) is 3.63. The van der Waals surface area contributed by atoms with E-state index in [1.165, 1.54) is 0 Å². The number of benzene rings is 1. The fourth-order valence-corrected chi connectivity index (χ4v) is 1.82. The lowest BCUT2D eigenvalue weighted by molar-refractivity contribution is 0.388. The molecule has 0 aliphatic heterocycles. The summed E-state index contributed by atoms with van der Waals surface area (Å²) in [6.45, 7) is 5.78. The molecule has 0 atom stereocenters. The molecular formula is C12H13NO2. The molecular weight excluding hydrogens is 190 g/mol. The zero-order chi connectivity index (χ0) is 11.2. The second kappa shape index (κ2) is 3.12. The standard InChI is InChI=1S/C12H13NO2/c1-6-4-5-9-10(7(6)2)8(3)11(14)12(15)13-9/h4-5,14H,1-3H3,(H,13,15). The van der Waals surface area contributed by atoms with E-state index in [-0.39, 0.29) is 11.6 Å². The predicted octanol–water partition coefficient (Wildman–Crippen LogP) is 2.57. The molecule has 3 nitrogen and oxygen atoms in total. The Hall–Kier alpha value is -1.77. The molecule has 1 aromatic heterocycles. The average molecular weight is 203 g/mol. The van der Waals surface area contributed by atoms with Crippen molar-refractivity contribution in [2.75, 3.05) is 0 Å². The van der Waals surface area contributed by atoms with E-state index in [0.29, 0.717) is 11.1 Å². The third-order valence-electron chi connectivity index (χ3n) is 2.88. The van der Waals surface area contributed by atoms with Crippen LogP contribution < -0.4 is 0 Å². The van der Waals surface area contributed by atoms with E-state index in [1.54, 1.807) is 6.92 Å². The van der Waals surface area contributed by atoms with Gasteiger partial charge in [0, 0.05) is 10.9 Å². The largest absolute Gasteiger partial charge is 0.503 e.